The van der Waals surface area contributed by atoms with E-state index in [9.17, 15) is 4.79 Å². The van der Waals surface area contributed by atoms with E-state index in [2.05, 4.69) is 32.9 Å². The highest BCUT2D eigenvalue weighted by atomic mass is 16.2. The van der Waals surface area contributed by atoms with Crippen LogP contribution in [0.15, 0.2) is 12.4 Å². The van der Waals surface area contributed by atoms with E-state index in [1.807, 2.05) is 6.20 Å². The van der Waals surface area contributed by atoms with E-state index < -0.39 is 0 Å². The fourth-order valence-electron chi connectivity index (χ4n) is 3.13. The largest absolute Gasteiger partial charge is 0.352 e. The number of amides is 1. The first-order valence-electron chi connectivity index (χ1n) is 8.26. The lowest BCUT2D eigenvalue weighted by Gasteiger charge is -2.31. The lowest BCUT2D eigenvalue weighted by atomic mass is 9.96. The molecule has 2 heterocycles. The average Bonchev–Trinajstić information content (AvgIpc) is 3.17. The Labute approximate surface area is 126 Å². The van der Waals surface area contributed by atoms with E-state index >= 15 is 0 Å². The van der Waals surface area contributed by atoms with Crippen molar-refractivity contribution in [2.45, 2.75) is 51.6 Å². The van der Waals surface area contributed by atoms with Gasteiger partial charge in [0.05, 0.1) is 6.54 Å². The standard InChI is InChI=1S/C16H26N4O/c1-2-15-17-7-10-20(15)11-13-5-8-19(9-6-13)12-16(21)18-14-3-4-14/h7,10,13-14H,2-6,8-9,11-12H2,1H3,(H,18,21). The molecule has 3 rings (SSSR count). The fourth-order valence-corrected chi connectivity index (χ4v) is 3.13. The molecule has 0 unspecified atom stereocenters. The summed E-state index contributed by atoms with van der Waals surface area (Å²) in [5, 5.41) is 3.07. The van der Waals surface area contributed by atoms with E-state index in [1.54, 1.807) is 0 Å². The van der Waals surface area contributed by atoms with Crippen molar-refractivity contribution < 1.29 is 4.79 Å². The quantitative estimate of drug-likeness (QED) is 0.862. The van der Waals surface area contributed by atoms with Gasteiger partial charge in [-0.2, -0.15) is 0 Å². The van der Waals surface area contributed by atoms with Crippen LogP contribution >= 0.6 is 0 Å². The normalized spacial score (nSPS) is 20.6. The second-order valence-electron chi connectivity index (χ2n) is 6.41. The monoisotopic (exact) mass is 290 g/mol. The summed E-state index contributed by atoms with van der Waals surface area (Å²) in [6.07, 6.45) is 9.67. The van der Waals surface area contributed by atoms with Crippen LogP contribution in [0.3, 0.4) is 0 Å². The van der Waals surface area contributed by atoms with Gasteiger partial charge in [0, 0.05) is 31.4 Å². The van der Waals surface area contributed by atoms with Crippen molar-refractivity contribution in [1.29, 1.82) is 0 Å². The summed E-state index contributed by atoms with van der Waals surface area (Å²) in [6, 6.07) is 0.476. The molecule has 1 aliphatic heterocycles. The van der Waals surface area contributed by atoms with Crippen LogP contribution in [0.25, 0.3) is 0 Å². The summed E-state index contributed by atoms with van der Waals surface area (Å²) in [5.41, 5.74) is 0. The molecule has 0 spiro atoms. The first-order chi connectivity index (χ1) is 10.2. The van der Waals surface area contributed by atoms with E-state index in [4.69, 9.17) is 0 Å². The Hall–Kier alpha value is -1.36. The number of aryl methyl sites for hydroxylation is 1. The van der Waals surface area contributed by atoms with Crippen molar-refractivity contribution >= 4 is 5.91 Å². The molecule has 116 valence electrons. The first-order valence-corrected chi connectivity index (χ1v) is 8.26. The summed E-state index contributed by atoms with van der Waals surface area (Å²) < 4.78 is 2.29. The number of piperidine rings is 1. The third-order valence-corrected chi connectivity index (χ3v) is 4.59. The van der Waals surface area contributed by atoms with Gasteiger partial charge in [-0.15, -0.1) is 0 Å². The molecule has 0 aromatic carbocycles. The number of likely N-dealkylation sites (tertiary alicyclic amines) is 1. The van der Waals surface area contributed by atoms with Crippen molar-refractivity contribution in [2.24, 2.45) is 5.92 Å². The predicted molar refractivity (Wildman–Crippen MR) is 81.9 cm³/mol. The fraction of sp³-hybridized carbons (Fsp3) is 0.750. The minimum atomic E-state index is 0.207. The summed E-state index contributed by atoms with van der Waals surface area (Å²) >= 11 is 0. The number of aromatic nitrogens is 2. The number of rotatable bonds is 6. The van der Waals surface area contributed by atoms with Crippen LogP contribution in [-0.4, -0.2) is 46.0 Å². The Kier molecular flexibility index (Phi) is 4.58. The van der Waals surface area contributed by atoms with Gasteiger partial charge in [0.1, 0.15) is 5.82 Å². The second kappa shape index (κ2) is 6.60. The van der Waals surface area contributed by atoms with E-state index in [1.165, 1.54) is 31.5 Å². The van der Waals surface area contributed by atoms with Gasteiger partial charge in [-0.05, 0) is 44.7 Å². The molecule has 21 heavy (non-hydrogen) atoms. The molecule has 1 aromatic heterocycles. The van der Waals surface area contributed by atoms with Gasteiger partial charge < -0.3 is 9.88 Å². The Morgan fingerprint density at radius 1 is 1.33 bits per heavy atom. The van der Waals surface area contributed by atoms with Crippen LogP contribution < -0.4 is 5.32 Å². The lowest BCUT2D eigenvalue weighted by molar-refractivity contribution is -0.122. The van der Waals surface area contributed by atoms with Gasteiger partial charge in [0.2, 0.25) is 5.91 Å². The smallest absolute Gasteiger partial charge is 0.234 e. The van der Waals surface area contributed by atoms with Crippen molar-refractivity contribution in [1.82, 2.24) is 19.8 Å². The number of imidazole rings is 1. The molecular weight excluding hydrogens is 264 g/mol. The van der Waals surface area contributed by atoms with Crippen LogP contribution in [0.5, 0.6) is 0 Å². The minimum Gasteiger partial charge on any atom is -0.352 e. The molecule has 1 amide bonds. The van der Waals surface area contributed by atoms with E-state index in [0.29, 0.717) is 18.5 Å². The number of carbonyl (C=O) groups is 1. The number of hydrogen-bond acceptors (Lipinski definition) is 3. The summed E-state index contributed by atoms with van der Waals surface area (Å²) in [5.74, 6) is 2.10. The maximum Gasteiger partial charge on any atom is 0.234 e. The Balaban J connectivity index is 1.41. The summed E-state index contributed by atoms with van der Waals surface area (Å²) in [6.45, 7) is 5.89. The molecule has 0 radical (unpaired) electrons. The van der Waals surface area contributed by atoms with Crippen LogP contribution in [0.2, 0.25) is 0 Å². The third kappa shape index (κ3) is 4.06. The average molecular weight is 290 g/mol. The third-order valence-electron chi connectivity index (χ3n) is 4.59. The number of nitrogens with zero attached hydrogens (tertiary/aromatic N) is 3. The Bertz CT molecular complexity index is 472. The van der Waals surface area contributed by atoms with Crippen LogP contribution in [0.1, 0.15) is 38.4 Å². The Morgan fingerprint density at radius 3 is 2.76 bits per heavy atom. The van der Waals surface area contributed by atoms with Crippen molar-refractivity contribution in [3.05, 3.63) is 18.2 Å². The number of hydrogen-bond donors (Lipinski definition) is 1. The molecule has 5 heteroatoms. The van der Waals surface area contributed by atoms with Crippen LogP contribution in [0, 0.1) is 5.92 Å². The summed E-state index contributed by atoms with van der Waals surface area (Å²) in [7, 11) is 0. The van der Waals surface area contributed by atoms with Crippen molar-refractivity contribution in [3.63, 3.8) is 0 Å². The number of nitrogens with one attached hydrogen (secondary N) is 1. The highest BCUT2D eigenvalue weighted by Crippen LogP contribution is 2.21. The zero-order chi connectivity index (χ0) is 14.7. The van der Waals surface area contributed by atoms with Gasteiger partial charge in [-0.3, -0.25) is 9.69 Å². The van der Waals surface area contributed by atoms with Gasteiger partial charge in [0.15, 0.2) is 0 Å². The van der Waals surface area contributed by atoms with E-state index in [-0.39, 0.29) is 5.91 Å². The van der Waals surface area contributed by atoms with Crippen molar-refractivity contribution in [2.75, 3.05) is 19.6 Å². The molecule has 5 nitrogen and oxygen atoms in total. The van der Waals surface area contributed by atoms with Crippen LogP contribution in [-0.2, 0) is 17.8 Å². The Morgan fingerprint density at radius 2 is 2.10 bits per heavy atom. The lowest BCUT2D eigenvalue weighted by Crippen LogP contribution is -2.42. The molecule has 0 bridgehead atoms. The van der Waals surface area contributed by atoms with Gasteiger partial charge >= 0.3 is 0 Å². The molecule has 2 aliphatic rings. The maximum atomic E-state index is 11.8. The zero-order valence-electron chi connectivity index (χ0n) is 12.9. The minimum absolute atomic E-state index is 0.207. The molecule has 2 fully saturated rings. The first kappa shape index (κ1) is 14.6. The van der Waals surface area contributed by atoms with Gasteiger partial charge in [-0.25, -0.2) is 4.98 Å². The maximum absolute atomic E-state index is 11.8. The van der Waals surface area contributed by atoms with Gasteiger partial charge in [-0.1, -0.05) is 6.92 Å². The summed E-state index contributed by atoms with van der Waals surface area (Å²) in [4.78, 5) is 18.5. The molecule has 1 aliphatic carbocycles. The van der Waals surface area contributed by atoms with Crippen LogP contribution in [0.4, 0.5) is 0 Å². The molecule has 1 saturated carbocycles. The number of carbonyl (C=O) groups excluding carboxylic acids is 1. The molecular formula is C16H26N4O. The molecule has 1 saturated heterocycles. The topological polar surface area (TPSA) is 50.2 Å². The predicted octanol–water partition coefficient (Wildman–Crippen LogP) is 1.44. The zero-order valence-corrected chi connectivity index (χ0v) is 12.9. The van der Waals surface area contributed by atoms with Gasteiger partial charge in [0.25, 0.3) is 0 Å². The highest BCUT2D eigenvalue weighted by Gasteiger charge is 2.26. The molecule has 0 atom stereocenters. The second-order valence-corrected chi connectivity index (χ2v) is 6.41. The van der Waals surface area contributed by atoms with Crippen molar-refractivity contribution in [3.8, 4) is 0 Å². The SMILES string of the molecule is CCc1nccn1CC1CCN(CC(=O)NC2CC2)CC1. The molecule has 1 aromatic rings. The van der Waals surface area contributed by atoms with E-state index in [0.717, 1.165) is 26.1 Å². The molecule has 1 N–H and O–H groups in total. The highest BCUT2D eigenvalue weighted by molar-refractivity contribution is 5.78.